The Morgan fingerprint density at radius 3 is 2.88 bits per heavy atom. The SMILES string of the molecule is O=C(NCC(O)C1CCCC1)c1ccn(-c2cccc([N+](=O)[O-])c2)n1. The predicted octanol–water partition coefficient (Wildman–Crippen LogP) is 2.06. The molecule has 0 radical (unpaired) electrons. The molecule has 0 saturated heterocycles. The summed E-state index contributed by atoms with van der Waals surface area (Å²) < 4.78 is 1.41. The van der Waals surface area contributed by atoms with Crippen molar-refractivity contribution in [1.29, 1.82) is 0 Å². The Morgan fingerprint density at radius 1 is 1.40 bits per heavy atom. The topological polar surface area (TPSA) is 110 Å². The summed E-state index contributed by atoms with van der Waals surface area (Å²) in [6, 6.07) is 7.55. The molecule has 8 nitrogen and oxygen atoms in total. The third-order valence-electron chi connectivity index (χ3n) is 4.54. The van der Waals surface area contributed by atoms with Crippen LogP contribution >= 0.6 is 0 Å². The van der Waals surface area contributed by atoms with Crippen LogP contribution in [0.2, 0.25) is 0 Å². The lowest BCUT2D eigenvalue weighted by Crippen LogP contribution is -2.35. The summed E-state index contributed by atoms with van der Waals surface area (Å²) in [5.41, 5.74) is 0.656. The summed E-state index contributed by atoms with van der Waals surface area (Å²) in [4.78, 5) is 22.5. The quantitative estimate of drug-likeness (QED) is 0.615. The number of non-ortho nitro benzene ring substituents is 1. The third kappa shape index (κ3) is 4.03. The number of hydrogen-bond donors (Lipinski definition) is 2. The number of aliphatic hydroxyl groups is 1. The van der Waals surface area contributed by atoms with E-state index < -0.39 is 11.0 Å². The molecule has 8 heteroatoms. The normalized spacial score (nSPS) is 15.9. The van der Waals surface area contributed by atoms with Crippen LogP contribution in [-0.2, 0) is 0 Å². The summed E-state index contributed by atoms with van der Waals surface area (Å²) in [5.74, 6) is -0.121. The Bertz CT molecular complexity index is 768. The van der Waals surface area contributed by atoms with E-state index in [0.717, 1.165) is 25.7 Å². The number of rotatable bonds is 6. The number of carbonyl (C=O) groups excluding carboxylic acids is 1. The minimum absolute atomic E-state index is 0.0429. The van der Waals surface area contributed by atoms with Crippen molar-refractivity contribution >= 4 is 11.6 Å². The number of aromatic nitrogens is 2. The second-order valence-corrected chi connectivity index (χ2v) is 6.24. The first-order valence-electron chi connectivity index (χ1n) is 8.31. The van der Waals surface area contributed by atoms with Gasteiger partial charge in [-0.3, -0.25) is 14.9 Å². The van der Waals surface area contributed by atoms with Crippen LogP contribution in [0.4, 0.5) is 5.69 Å². The molecule has 1 amide bonds. The van der Waals surface area contributed by atoms with Gasteiger partial charge in [0.2, 0.25) is 0 Å². The van der Waals surface area contributed by atoms with Gasteiger partial charge in [-0.05, 0) is 30.9 Å². The molecule has 1 atom stereocenters. The van der Waals surface area contributed by atoms with Crippen molar-refractivity contribution in [1.82, 2.24) is 15.1 Å². The maximum absolute atomic E-state index is 12.2. The molecule has 1 fully saturated rings. The lowest BCUT2D eigenvalue weighted by Gasteiger charge is -2.17. The summed E-state index contributed by atoms with van der Waals surface area (Å²) in [5, 5.41) is 27.8. The summed E-state index contributed by atoms with van der Waals surface area (Å²) in [7, 11) is 0. The van der Waals surface area contributed by atoms with Gasteiger partial charge >= 0.3 is 0 Å². The monoisotopic (exact) mass is 344 g/mol. The van der Waals surface area contributed by atoms with Gasteiger partial charge in [0.25, 0.3) is 11.6 Å². The van der Waals surface area contributed by atoms with Crippen molar-refractivity contribution in [3.8, 4) is 5.69 Å². The van der Waals surface area contributed by atoms with Crippen LogP contribution in [-0.4, -0.2) is 38.4 Å². The number of nitrogens with zero attached hydrogens (tertiary/aromatic N) is 3. The summed E-state index contributed by atoms with van der Waals surface area (Å²) in [6.07, 6.45) is 5.29. The molecule has 132 valence electrons. The Balaban J connectivity index is 1.63. The molecular formula is C17H20N4O4. The molecule has 1 unspecified atom stereocenters. The maximum Gasteiger partial charge on any atom is 0.271 e. The number of benzene rings is 1. The lowest BCUT2D eigenvalue weighted by molar-refractivity contribution is -0.384. The van der Waals surface area contributed by atoms with E-state index in [-0.39, 0.29) is 29.8 Å². The summed E-state index contributed by atoms with van der Waals surface area (Å²) >= 11 is 0. The van der Waals surface area contributed by atoms with Gasteiger partial charge in [-0.15, -0.1) is 0 Å². The van der Waals surface area contributed by atoms with E-state index in [1.54, 1.807) is 18.3 Å². The highest BCUT2D eigenvalue weighted by molar-refractivity contribution is 5.92. The van der Waals surface area contributed by atoms with Crippen LogP contribution in [0.3, 0.4) is 0 Å². The van der Waals surface area contributed by atoms with E-state index in [1.165, 1.54) is 22.9 Å². The van der Waals surface area contributed by atoms with Crippen LogP contribution < -0.4 is 5.32 Å². The molecule has 1 heterocycles. The standard InChI is InChI=1S/C17H20N4O4/c22-16(12-4-1-2-5-12)11-18-17(23)15-8-9-20(19-15)13-6-3-7-14(10-13)21(24)25/h3,6-10,12,16,22H,1-2,4-5,11H2,(H,18,23). The number of nitro groups is 1. The van der Waals surface area contributed by atoms with Crippen molar-refractivity contribution in [2.45, 2.75) is 31.8 Å². The largest absolute Gasteiger partial charge is 0.391 e. The average Bonchev–Trinajstić information content (AvgIpc) is 3.31. The fourth-order valence-electron chi connectivity index (χ4n) is 3.13. The van der Waals surface area contributed by atoms with Gasteiger partial charge in [0.05, 0.1) is 16.7 Å². The molecule has 1 aliphatic rings. The molecule has 2 aromatic rings. The fourth-order valence-corrected chi connectivity index (χ4v) is 3.13. The van der Waals surface area contributed by atoms with Gasteiger partial charge in [0.1, 0.15) is 0 Å². The lowest BCUT2D eigenvalue weighted by atomic mass is 10.0. The van der Waals surface area contributed by atoms with Gasteiger partial charge in [-0.2, -0.15) is 5.10 Å². The number of carbonyl (C=O) groups is 1. The smallest absolute Gasteiger partial charge is 0.271 e. The number of amides is 1. The van der Waals surface area contributed by atoms with E-state index in [1.807, 2.05) is 0 Å². The Hall–Kier alpha value is -2.74. The minimum Gasteiger partial charge on any atom is -0.391 e. The molecule has 1 aliphatic carbocycles. The van der Waals surface area contributed by atoms with Crippen LogP contribution in [0.25, 0.3) is 5.69 Å². The fraction of sp³-hybridized carbons (Fsp3) is 0.412. The van der Waals surface area contributed by atoms with Crippen LogP contribution in [0.5, 0.6) is 0 Å². The molecule has 0 aliphatic heterocycles. The third-order valence-corrected chi connectivity index (χ3v) is 4.54. The van der Waals surface area contributed by atoms with E-state index in [9.17, 15) is 20.0 Å². The van der Waals surface area contributed by atoms with Gasteiger partial charge in [0.15, 0.2) is 5.69 Å². The highest BCUT2D eigenvalue weighted by Gasteiger charge is 2.23. The highest BCUT2D eigenvalue weighted by atomic mass is 16.6. The van der Waals surface area contributed by atoms with Crippen LogP contribution in [0.1, 0.15) is 36.2 Å². The van der Waals surface area contributed by atoms with E-state index in [0.29, 0.717) is 5.69 Å². The van der Waals surface area contributed by atoms with E-state index >= 15 is 0 Å². The molecule has 3 rings (SSSR count). The number of hydrogen-bond acceptors (Lipinski definition) is 5. The molecule has 0 bridgehead atoms. The average molecular weight is 344 g/mol. The Labute approximate surface area is 144 Å². The number of aliphatic hydroxyl groups excluding tert-OH is 1. The number of nitrogens with one attached hydrogen (secondary N) is 1. The first-order valence-corrected chi connectivity index (χ1v) is 8.31. The first-order chi connectivity index (χ1) is 12.0. The van der Waals surface area contributed by atoms with Crippen LogP contribution in [0.15, 0.2) is 36.5 Å². The second kappa shape index (κ2) is 7.43. The zero-order valence-electron chi connectivity index (χ0n) is 13.7. The second-order valence-electron chi connectivity index (χ2n) is 6.24. The van der Waals surface area contributed by atoms with Gasteiger partial charge in [-0.25, -0.2) is 4.68 Å². The van der Waals surface area contributed by atoms with E-state index in [4.69, 9.17) is 0 Å². The van der Waals surface area contributed by atoms with Crippen molar-refractivity contribution in [2.75, 3.05) is 6.54 Å². The van der Waals surface area contributed by atoms with Crippen LogP contribution in [0, 0.1) is 16.0 Å². The molecular weight excluding hydrogens is 324 g/mol. The van der Waals surface area contributed by atoms with Gasteiger partial charge < -0.3 is 10.4 Å². The Kier molecular flexibility index (Phi) is 5.08. The van der Waals surface area contributed by atoms with Gasteiger partial charge in [-0.1, -0.05) is 18.9 Å². The Morgan fingerprint density at radius 2 is 2.16 bits per heavy atom. The summed E-state index contributed by atoms with van der Waals surface area (Å²) in [6.45, 7) is 0.202. The molecule has 1 saturated carbocycles. The zero-order chi connectivity index (χ0) is 17.8. The molecule has 1 aromatic carbocycles. The van der Waals surface area contributed by atoms with Crippen molar-refractivity contribution in [3.63, 3.8) is 0 Å². The zero-order valence-corrected chi connectivity index (χ0v) is 13.7. The minimum atomic E-state index is -0.537. The highest BCUT2D eigenvalue weighted by Crippen LogP contribution is 2.27. The van der Waals surface area contributed by atoms with Crippen molar-refractivity contribution in [2.24, 2.45) is 5.92 Å². The molecule has 0 spiro atoms. The van der Waals surface area contributed by atoms with E-state index in [2.05, 4.69) is 10.4 Å². The molecule has 25 heavy (non-hydrogen) atoms. The predicted molar refractivity (Wildman–Crippen MR) is 90.5 cm³/mol. The van der Waals surface area contributed by atoms with Crippen molar-refractivity contribution in [3.05, 3.63) is 52.3 Å². The van der Waals surface area contributed by atoms with Gasteiger partial charge in [0, 0.05) is 24.9 Å². The number of nitro benzene ring substituents is 1. The maximum atomic E-state index is 12.2. The van der Waals surface area contributed by atoms with Crippen molar-refractivity contribution < 1.29 is 14.8 Å². The molecule has 1 aromatic heterocycles. The first kappa shape index (κ1) is 17.1. The molecule has 2 N–H and O–H groups in total.